The van der Waals surface area contributed by atoms with Crippen molar-refractivity contribution in [2.45, 2.75) is 44.4 Å². The van der Waals surface area contributed by atoms with Crippen LogP contribution in [0.3, 0.4) is 0 Å². The van der Waals surface area contributed by atoms with Gasteiger partial charge in [0.15, 0.2) is 6.29 Å². The molecule has 2 amide bonds. The third kappa shape index (κ3) is 6.56. The molecule has 5 atom stereocenters. The van der Waals surface area contributed by atoms with Crippen LogP contribution in [0.2, 0.25) is 0 Å². The van der Waals surface area contributed by atoms with Crippen molar-refractivity contribution < 1.29 is 24.2 Å². The first kappa shape index (κ1) is 21.2. The number of amides is 2. The number of nitrogens with one attached hydrogen (secondary N) is 2. The minimum atomic E-state index is -1.06. The average Bonchev–Trinajstić information content (AvgIpc) is 2.43. The van der Waals surface area contributed by atoms with Gasteiger partial charge in [-0.1, -0.05) is 0 Å². The Kier molecular flexibility index (Phi) is 7.94. The van der Waals surface area contributed by atoms with Crippen molar-refractivity contribution in [3.63, 3.8) is 0 Å². The fourth-order valence-electron chi connectivity index (χ4n) is 2.51. The second-order valence-electron chi connectivity index (χ2n) is 6.89. The quantitative estimate of drug-likeness (QED) is 0.447. The number of hydrogen-bond acceptors (Lipinski definition) is 6. The van der Waals surface area contributed by atoms with Gasteiger partial charge < -0.3 is 30.9 Å². The lowest BCUT2D eigenvalue weighted by molar-refractivity contribution is -0.236. The molecule has 8 nitrogen and oxygen atoms in total. The molecule has 1 aliphatic heterocycles. The zero-order valence-corrected chi connectivity index (χ0v) is 15.9. The van der Waals surface area contributed by atoms with Crippen LogP contribution in [-0.4, -0.2) is 85.2 Å². The van der Waals surface area contributed by atoms with Crippen molar-refractivity contribution in [3.8, 4) is 0 Å². The summed E-state index contributed by atoms with van der Waals surface area (Å²) in [4.78, 5) is 22.9. The molecule has 0 aliphatic carbocycles. The minimum Gasteiger partial charge on any atom is -0.389 e. The molecule has 1 saturated heterocycles. The van der Waals surface area contributed by atoms with Gasteiger partial charge in [-0.15, -0.1) is 0 Å². The smallest absolute Gasteiger partial charge is 0.217 e. The topological polar surface area (TPSA) is 123 Å². The maximum atomic E-state index is 11.5. The summed E-state index contributed by atoms with van der Waals surface area (Å²) < 4.78 is 11.6. The van der Waals surface area contributed by atoms with Crippen molar-refractivity contribution >= 4 is 21.8 Å². The van der Waals surface area contributed by atoms with Gasteiger partial charge >= 0.3 is 0 Å². The average molecular weight is 365 g/mol. The summed E-state index contributed by atoms with van der Waals surface area (Å²) in [5.74, 6) is 0.252. The van der Waals surface area contributed by atoms with Gasteiger partial charge in [-0.05, 0) is 18.8 Å². The molecule has 0 spiro atoms. The summed E-state index contributed by atoms with van der Waals surface area (Å²) in [6.45, 7) is 3.27. The predicted molar refractivity (Wildman–Crippen MR) is 95.1 cm³/mol. The van der Waals surface area contributed by atoms with E-state index < -0.39 is 40.6 Å². The Bertz CT molecular complexity index is 443. The highest BCUT2D eigenvalue weighted by atomic mass is 32.3. The number of rotatable bonds is 7. The molecule has 0 radical (unpaired) electrons. The number of nitrogens with two attached hydrogens (primary N) is 1. The lowest BCUT2D eigenvalue weighted by Gasteiger charge is -2.44. The van der Waals surface area contributed by atoms with E-state index in [0.29, 0.717) is 6.61 Å². The highest BCUT2D eigenvalue weighted by molar-refractivity contribution is 8.32. The summed E-state index contributed by atoms with van der Waals surface area (Å²) in [7, 11) is -0.737. The Morgan fingerprint density at radius 3 is 2.17 bits per heavy atom. The molecule has 0 saturated carbocycles. The fourth-order valence-corrected chi connectivity index (χ4v) is 3.10. The van der Waals surface area contributed by atoms with Crippen molar-refractivity contribution in [2.24, 2.45) is 5.73 Å². The third-order valence-electron chi connectivity index (χ3n) is 3.69. The maximum absolute atomic E-state index is 11.5. The summed E-state index contributed by atoms with van der Waals surface area (Å²) in [5.41, 5.74) is 5.71. The van der Waals surface area contributed by atoms with E-state index in [2.05, 4.69) is 29.4 Å². The number of carbonyl (C=O) groups is 2. The van der Waals surface area contributed by atoms with E-state index in [4.69, 9.17) is 15.2 Å². The Morgan fingerprint density at radius 2 is 1.71 bits per heavy atom. The first-order valence-corrected chi connectivity index (χ1v) is 10.9. The van der Waals surface area contributed by atoms with Gasteiger partial charge in [0, 0.05) is 26.1 Å². The summed E-state index contributed by atoms with van der Waals surface area (Å²) in [5, 5.41) is 15.9. The molecule has 1 heterocycles. The molecular weight excluding hydrogens is 334 g/mol. The molecular formula is C15H31N3O5S. The molecule has 5 unspecified atom stereocenters. The number of hydrogen-bond donors (Lipinski definition) is 4. The molecule has 0 aromatic carbocycles. The summed E-state index contributed by atoms with van der Waals surface area (Å²) in [6.07, 6.45) is 4.05. The van der Waals surface area contributed by atoms with Gasteiger partial charge in [-0.2, -0.15) is 0 Å². The minimum absolute atomic E-state index is 0.110. The Labute approximate surface area is 145 Å². The second kappa shape index (κ2) is 9.00. The lowest BCUT2D eigenvalue weighted by atomic mass is 9.93. The van der Waals surface area contributed by atoms with Crippen LogP contribution in [-0.2, 0) is 19.1 Å². The van der Waals surface area contributed by atoms with Crippen LogP contribution in [0.1, 0.15) is 13.8 Å². The molecule has 9 heteroatoms. The van der Waals surface area contributed by atoms with Crippen LogP contribution in [0, 0.1) is 0 Å². The summed E-state index contributed by atoms with van der Waals surface area (Å²) >= 11 is 0. The normalized spacial score (nSPS) is 31.4. The van der Waals surface area contributed by atoms with Crippen molar-refractivity contribution in [2.75, 3.05) is 37.7 Å². The highest BCUT2D eigenvalue weighted by Crippen LogP contribution is 2.34. The third-order valence-corrected chi connectivity index (χ3v) is 5.08. The first-order chi connectivity index (χ1) is 11.0. The zero-order valence-electron chi connectivity index (χ0n) is 15.1. The zero-order chi connectivity index (χ0) is 18.5. The lowest BCUT2D eigenvalue weighted by Crippen LogP contribution is -2.69. The van der Waals surface area contributed by atoms with Crippen LogP contribution in [0.15, 0.2) is 0 Å². The van der Waals surface area contributed by atoms with Gasteiger partial charge in [0.25, 0.3) is 0 Å². The van der Waals surface area contributed by atoms with Crippen LogP contribution in [0.4, 0.5) is 0 Å². The number of carbonyl (C=O) groups excluding carboxylic acids is 2. The van der Waals surface area contributed by atoms with Crippen molar-refractivity contribution in [3.05, 3.63) is 0 Å². The molecule has 0 aromatic heterocycles. The second-order valence-corrected chi connectivity index (χ2v) is 11.5. The molecule has 0 bridgehead atoms. The largest absolute Gasteiger partial charge is 0.389 e. The van der Waals surface area contributed by atoms with E-state index in [1.807, 2.05) is 0 Å². The van der Waals surface area contributed by atoms with Gasteiger partial charge in [-0.3, -0.25) is 9.59 Å². The number of ether oxygens (including phenoxy) is 2. The predicted octanol–water partition coefficient (Wildman–Crippen LogP) is -1.25. The number of aliphatic hydroxyl groups is 1. The summed E-state index contributed by atoms with van der Waals surface area (Å²) in [6, 6.07) is -1.49. The van der Waals surface area contributed by atoms with Crippen molar-refractivity contribution in [1.29, 1.82) is 0 Å². The molecule has 1 rings (SSSR count). The Hall–Kier alpha value is -0.870. The Morgan fingerprint density at radius 1 is 1.17 bits per heavy atom. The standard InChI is InChI=1S/C15H31N3O5S/c1-9(19)17-12-11(8-16)23-15(22-6-7-24(3,4)5)13(14(12)21)18-10(2)20/h11-15,21H,6-8,16H2,1-5H3,(H,17,19)(H,18,20). The molecule has 5 N–H and O–H groups in total. The van der Waals surface area contributed by atoms with E-state index in [-0.39, 0.29) is 18.4 Å². The molecule has 1 fully saturated rings. The van der Waals surface area contributed by atoms with E-state index in [9.17, 15) is 14.7 Å². The SMILES string of the molecule is CC(=O)NC1C(CN)OC(OCCS(C)(C)C)C(NC(C)=O)C1O. The van der Waals surface area contributed by atoms with Gasteiger partial charge in [-0.25, -0.2) is 10.0 Å². The van der Waals surface area contributed by atoms with E-state index in [1.54, 1.807) is 0 Å². The van der Waals surface area contributed by atoms with E-state index >= 15 is 0 Å². The van der Waals surface area contributed by atoms with Gasteiger partial charge in [0.05, 0.1) is 18.8 Å². The van der Waals surface area contributed by atoms with Crippen molar-refractivity contribution in [1.82, 2.24) is 10.6 Å². The molecule has 142 valence electrons. The van der Waals surface area contributed by atoms with Crippen LogP contribution < -0.4 is 16.4 Å². The van der Waals surface area contributed by atoms with Gasteiger partial charge in [0.2, 0.25) is 11.8 Å². The van der Waals surface area contributed by atoms with Crippen LogP contribution >= 0.6 is 10.0 Å². The van der Waals surface area contributed by atoms with Gasteiger partial charge in [0.1, 0.15) is 12.1 Å². The van der Waals surface area contributed by atoms with Crippen LogP contribution in [0.25, 0.3) is 0 Å². The Balaban J connectivity index is 2.87. The highest BCUT2D eigenvalue weighted by Gasteiger charge is 2.46. The molecule has 24 heavy (non-hydrogen) atoms. The molecule has 0 aromatic rings. The van der Waals surface area contributed by atoms with E-state index in [0.717, 1.165) is 5.75 Å². The maximum Gasteiger partial charge on any atom is 0.217 e. The monoisotopic (exact) mass is 365 g/mol. The first-order valence-electron chi connectivity index (χ1n) is 7.90. The van der Waals surface area contributed by atoms with E-state index in [1.165, 1.54) is 13.8 Å². The molecule has 1 aliphatic rings. The van der Waals surface area contributed by atoms with Crippen LogP contribution in [0.5, 0.6) is 0 Å². The number of aliphatic hydroxyl groups excluding tert-OH is 1. The fraction of sp³-hybridized carbons (Fsp3) is 0.867.